The SMILES string of the molecule is COc1cc(CC(C)=O)cc(Cl)c1C. The van der Waals surface area contributed by atoms with E-state index < -0.39 is 0 Å². The van der Waals surface area contributed by atoms with Crippen LogP contribution in [0.25, 0.3) is 0 Å². The number of ether oxygens (including phenoxy) is 1. The predicted octanol–water partition coefficient (Wildman–Crippen LogP) is 2.79. The van der Waals surface area contributed by atoms with Crippen LogP contribution in [0.4, 0.5) is 0 Å². The third-order valence-corrected chi connectivity index (χ3v) is 2.42. The van der Waals surface area contributed by atoms with Crippen molar-refractivity contribution in [2.24, 2.45) is 0 Å². The highest BCUT2D eigenvalue weighted by Gasteiger charge is 2.07. The van der Waals surface area contributed by atoms with Crippen molar-refractivity contribution in [2.75, 3.05) is 7.11 Å². The van der Waals surface area contributed by atoms with E-state index in [-0.39, 0.29) is 5.78 Å². The molecule has 0 radical (unpaired) electrons. The van der Waals surface area contributed by atoms with Crippen LogP contribution in [0.15, 0.2) is 12.1 Å². The largest absolute Gasteiger partial charge is 0.496 e. The van der Waals surface area contributed by atoms with Gasteiger partial charge in [0.2, 0.25) is 0 Å². The summed E-state index contributed by atoms with van der Waals surface area (Å²) < 4.78 is 5.15. The molecule has 0 aliphatic heterocycles. The van der Waals surface area contributed by atoms with Gasteiger partial charge in [0.1, 0.15) is 11.5 Å². The van der Waals surface area contributed by atoms with E-state index in [9.17, 15) is 4.79 Å². The Morgan fingerprint density at radius 1 is 1.50 bits per heavy atom. The first-order valence-corrected chi connectivity index (χ1v) is 4.75. The van der Waals surface area contributed by atoms with Crippen molar-refractivity contribution in [3.05, 3.63) is 28.3 Å². The molecular formula is C11H13ClO2. The fourth-order valence-electron chi connectivity index (χ4n) is 1.31. The minimum Gasteiger partial charge on any atom is -0.496 e. The molecule has 0 unspecified atom stereocenters. The van der Waals surface area contributed by atoms with Crippen molar-refractivity contribution >= 4 is 17.4 Å². The third kappa shape index (κ3) is 2.48. The summed E-state index contributed by atoms with van der Waals surface area (Å²) in [5.41, 5.74) is 1.80. The molecule has 0 fully saturated rings. The lowest BCUT2D eigenvalue weighted by molar-refractivity contribution is -0.116. The average molecular weight is 213 g/mol. The first kappa shape index (κ1) is 11.1. The van der Waals surface area contributed by atoms with Crippen LogP contribution in [-0.4, -0.2) is 12.9 Å². The second-order valence-electron chi connectivity index (χ2n) is 3.28. The molecule has 0 saturated carbocycles. The number of rotatable bonds is 3. The van der Waals surface area contributed by atoms with Crippen LogP contribution >= 0.6 is 11.6 Å². The number of halogens is 1. The second-order valence-corrected chi connectivity index (χ2v) is 3.69. The number of hydrogen-bond acceptors (Lipinski definition) is 2. The molecule has 0 aliphatic carbocycles. The Morgan fingerprint density at radius 2 is 2.14 bits per heavy atom. The van der Waals surface area contributed by atoms with Crippen LogP contribution in [-0.2, 0) is 11.2 Å². The molecule has 0 aliphatic rings. The summed E-state index contributed by atoms with van der Waals surface area (Å²) in [5, 5.41) is 0.639. The van der Waals surface area contributed by atoms with Gasteiger partial charge in [-0.2, -0.15) is 0 Å². The molecule has 0 N–H and O–H groups in total. The number of hydrogen-bond donors (Lipinski definition) is 0. The van der Waals surface area contributed by atoms with Gasteiger partial charge < -0.3 is 4.74 Å². The van der Waals surface area contributed by atoms with E-state index in [1.54, 1.807) is 20.1 Å². The monoisotopic (exact) mass is 212 g/mol. The zero-order valence-electron chi connectivity index (χ0n) is 8.56. The van der Waals surface area contributed by atoms with Crippen LogP contribution in [0.3, 0.4) is 0 Å². The van der Waals surface area contributed by atoms with Gasteiger partial charge in [0, 0.05) is 17.0 Å². The maximum atomic E-state index is 10.9. The molecule has 14 heavy (non-hydrogen) atoms. The van der Waals surface area contributed by atoms with Gasteiger partial charge >= 0.3 is 0 Å². The number of benzene rings is 1. The lowest BCUT2D eigenvalue weighted by Crippen LogP contribution is -1.98. The Morgan fingerprint density at radius 3 is 2.64 bits per heavy atom. The van der Waals surface area contributed by atoms with Gasteiger partial charge in [0.15, 0.2) is 0 Å². The summed E-state index contributed by atoms with van der Waals surface area (Å²) in [5.74, 6) is 0.848. The van der Waals surface area contributed by atoms with Crippen LogP contribution in [0.2, 0.25) is 5.02 Å². The first-order valence-electron chi connectivity index (χ1n) is 4.37. The van der Waals surface area contributed by atoms with E-state index in [0.29, 0.717) is 11.4 Å². The Hall–Kier alpha value is -1.02. The van der Waals surface area contributed by atoms with Crippen molar-refractivity contribution in [3.8, 4) is 5.75 Å². The third-order valence-electron chi connectivity index (χ3n) is 2.03. The van der Waals surface area contributed by atoms with Gasteiger partial charge in [-0.25, -0.2) is 0 Å². The van der Waals surface area contributed by atoms with E-state index in [1.807, 2.05) is 13.0 Å². The van der Waals surface area contributed by atoms with Gasteiger partial charge in [0.25, 0.3) is 0 Å². The van der Waals surface area contributed by atoms with Gasteiger partial charge in [-0.15, -0.1) is 0 Å². The lowest BCUT2D eigenvalue weighted by Gasteiger charge is -2.08. The molecule has 0 atom stereocenters. The molecule has 0 saturated heterocycles. The van der Waals surface area contributed by atoms with Crippen molar-refractivity contribution in [3.63, 3.8) is 0 Å². The van der Waals surface area contributed by atoms with Crippen LogP contribution in [0.5, 0.6) is 5.75 Å². The summed E-state index contributed by atoms with van der Waals surface area (Å²) in [6.07, 6.45) is 0.399. The molecule has 0 aromatic heterocycles. The lowest BCUT2D eigenvalue weighted by atomic mass is 10.1. The molecular weight excluding hydrogens is 200 g/mol. The Labute approximate surface area is 88.8 Å². The van der Waals surface area contributed by atoms with E-state index in [4.69, 9.17) is 16.3 Å². The molecule has 0 amide bonds. The molecule has 0 heterocycles. The number of carbonyl (C=O) groups is 1. The van der Waals surface area contributed by atoms with Gasteiger partial charge in [-0.1, -0.05) is 11.6 Å². The second kappa shape index (κ2) is 4.47. The van der Waals surface area contributed by atoms with Crippen LogP contribution < -0.4 is 4.74 Å². The Bertz CT molecular complexity index is 359. The van der Waals surface area contributed by atoms with Crippen molar-refractivity contribution in [1.82, 2.24) is 0 Å². The van der Waals surface area contributed by atoms with Gasteiger partial charge in [-0.05, 0) is 31.5 Å². The summed E-state index contributed by atoms with van der Waals surface area (Å²) in [6, 6.07) is 3.66. The van der Waals surface area contributed by atoms with Gasteiger partial charge in [0.05, 0.1) is 7.11 Å². The highest BCUT2D eigenvalue weighted by Crippen LogP contribution is 2.27. The zero-order valence-corrected chi connectivity index (χ0v) is 9.31. The van der Waals surface area contributed by atoms with E-state index in [2.05, 4.69) is 0 Å². The fourth-order valence-corrected chi connectivity index (χ4v) is 1.54. The Kier molecular flexibility index (Phi) is 3.53. The number of methoxy groups -OCH3 is 1. The first-order chi connectivity index (χ1) is 6.54. The summed E-state index contributed by atoms with van der Waals surface area (Å²) >= 11 is 5.99. The van der Waals surface area contributed by atoms with Crippen LogP contribution in [0.1, 0.15) is 18.1 Å². The zero-order chi connectivity index (χ0) is 10.7. The molecule has 3 heteroatoms. The van der Waals surface area contributed by atoms with Gasteiger partial charge in [-0.3, -0.25) is 4.79 Å². The van der Waals surface area contributed by atoms with Crippen LogP contribution in [0, 0.1) is 6.92 Å². The van der Waals surface area contributed by atoms with Crippen molar-refractivity contribution in [2.45, 2.75) is 20.3 Å². The number of carbonyl (C=O) groups excluding carboxylic acids is 1. The molecule has 2 nitrogen and oxygen atoms in total. The minimum atomic E-state index is 0.118. The highest BCUT2D eigenvalue weighted by atomic mass is 35.5. The maximum absolute atomic E-state index is 10.9. The number of ketones is 1. The predicted molar refractivity (Wildman–Crippen MR) is 57.1 cm³/mol. The number of Topliss-reactive ketones (excluding diaryl/α,β-unsaturated/α-hetero) is 1. The fraction of sp³-hybridized carbons (Fsp3) is 0.364. The molecule has 1 aromatic carbocycles. The Balaban J connectivity index is 3.09. The summed E-state index contributed by atoms with van der Waals surface area (Å²) in [4.78, 5) is 10.9. The average Bonchev–Trinajstić information content (AvgIpc) is 2.10. The van der Waals surface area contributed by atoms with E-state index in [1.165, 1.54) is 0 Å². The topological polar surface area (TPSA) is 26.3 Å². The van der Waals surface area contributed by atoms with E-state index in [0.717, 1.165) is 16.9 Å². The maximum Gasteiger partial charge on any atom is 0.134 e. The summed E-state index contributed by atoms with van der Waals surface area (Å²) in [6.45, 7) is 3.44. The molecule has 0 bridgehead atoms. The molecule has 76 valence electrons. The van der Waals surface area contributed by atoms with Crippen molar-refractivity contribution in [1.29, 1.82) is 0 Å². The highest BCUT2D eigenvalue weighted by molar-refractivity contribution is 6.31. The molecule has 1 rings (SSSR count). The van der Waals surface area contributed by atoms with Crippen molar-refractivity contribution < 1.29 is 9.53 Å². The molecule has 1 aromatic rings. The smallest absolute Gasteiger partial charge is 0.134 e. The normalized spacial score (nSPS) is 10.0. The summed E-state index contributed by atoms with van der Waals surface area (Å²) in [7, 11) is 1.59. The van der Waals surface area contributed by atoms with E-state index >= 15 is 0 Å². The standard InChI is InChI=1S/C11H13ClO2/c1-7(13)4-9-5-10(12)8(2)11(6-9)14-3/h5-6H,4H2,1-3H3. The molecule has 0 spiro atoms. The quantitative estimate of drug-likeness (QED) is 0.770. The minimum absolute atomic E-state index is 0.118.